The van der Waals surface area contributed by atoms with Crippen molar-refractivity contribution in [3.05, 3.63) is 58.8 Å². The molecule has 0 spiro atoms. The van der Waals surface area contributed by atoms with E-state index in [0.29, 0.717) is 11.4 Å². The molecule has 1 aliphatic heterocycles. The second-order valence-electron chi connectivity index (χ2n) is 5.35. The largest absolute Gasteiger partial charge is 0.325 e. The average molecular weight is 377 g/mol. The number of amides is 2. The van der Waals surface area contributed by atoms with E-state index in [4.69, 9.17) is 0 Å². The van der Waals surface area contributed by atoms with Crippen LogP contribution in [0.25, 0.3) is 0 Å². The van der Waals surface area contributed by atoms with E-state index in [1.54, 1.807) is 18.2 Å². The minimum Gasteiger partial charge on any atom is -0.325 e. The highest BCUT2D eigenvalue weighted by Crippen LogP contribution is 2.28. The lowest BCUT2D eigenvalue weighted by atomic mass is 10.1. The molecule has 0 saturated carbocycles. The molecule has 0 bridgehead atoms. The molecule has 1 atom stereocenters. The van der Waals surface area contributed by atoms with E-state index in [0.717, 1.165) is 4.47 Å². The van der Waals surface area contributed by atoms with Crippen molar-refractivity contribution in [2.24, 2.45) is 5.92 Å². The molecule has 1 fully saturated rings. The van der Waals surface area contributed by atoms with Gasteiger partial charge >= 0.3 is 0 Å². The number of para-hydroxylation sites is 1. The minimum absolute atomic E-state index is 0.118. The first-order chi connectivity index (χ1) is 11.0. The van der Waals surface area contributed by atoms with Crippen molar-refractivity contribution in [1.29, 1.82) is 0 Å². The van der Waals surface area contributed by atoms with E-state index in [9.17, 15) is 14.0 Å². The highest BCUT2D eigenvalue weighted by molar-refractivity contribution is 9.10. The Morgan fingerprint density at radius 2 is 2.00 bits per heavy atom. The molecule has 2 aromatic rings. The van der Waals surface area contributed by atoms with Crippen molar-refractivity contribution < 1.29 is 14.0 Å². The van der Waals surface area contributed by atoms with Gasteiger partial charge < -0.3 is 10.2 Å². The minimum atomic E-state index is -0.460. The summed E-state index contributed by atoms with van der Waals surface area (Å²) in [5.41, 5.74) is 1.14. The van der Waals surface area contributed by atoms with E-state index >= 15 is 0 Å². The fourth-order valence-corrected chi connectivity index (χ4v) is 2.96. The smallest absolute Gasteiger partial charge is 0.229 e. The number of benzene rings is 2. The van der Waals surface area contributed by atoms with Gasteiger partial charge in [0.05, 0.1) is 11.6 Å². The molecule has 3 rings (SSSR count). The molecule has 1 aliphatic rings. The van der Waals surface area contributed by atoms with Gasteiger partial charge in [0.1, 0.15) is 5.82 Å². The summed E-state index contributed by atoms with van der Waals surface area (Å²) >= 11 is 3.37. The molecule has 118 valence electrons. The molecule has 0 aliphatic carbocycles. The zero-order valence-electron chi connectivity index (χ0n) is 12.1. The molecule has 1 N–H and O–H groups in total. The number of nitrogens with zero attached hydrogens (tertiary/aromatic N) is 1. The summed E-state index contributed by atoms with van der Waals surface area (Å²) in [5.74, 6) is -1.26. The van der Waals surface area contributed by atoms with Gasteiger partial charge in [0.25, 0.3) is 0 Å². The lowest BCUT2D eigenvalue weighted by Crippen LogP contribution is -2.28. The maximum Gasteiger partial charge on any atom is 0.229 e. The van der Waals surface area contributed by atoms with E-state index < -0.39 is 11.7 Å². The van der Waals surface area contributed by atoms with E-state index in [1.807, 2.05) is 18.2 Å². The lowest BCUT2D eigenvalue weighted by molar-refractivity contribution is -0.122. The van der Waals surface area contributed by atoms with Gasteiger partial charge in [-0.3, -0.25) is 9.59 Å². The molecule has 2 aromatic carbocycles. The van der Waals surface area contributed by atoms with Gasteiger partial charge in [0, 0.05) is 23.1 Å². The molecule has 0 aromatic heterocycles. The van der Waals surface area contributed by atoms with Gasteiger partial charge in [0.2, 0.25) is 11.8 Å². The van der Waals surface area contributed by atoms with E-state index in [1.165, 1.54) is 17.0 Å². The van der Waals surface area contributed by atoms with Gasteiger partial charge in [-0.2, -0.15) is 0 Å². The van der Waals surface area contributed by atoms with Crippen LogP contribution in [0, 0.1) is 11.7 Å². The quantitative estimate of drug-likeness (QED) is 0.889. The van der Waals surface area contributed by atoms with Gasteiger partial charge in [-0.25, -0.2) is 4.39 Å². The Bertz CT molecular complexity index is 766. The molecular formula is C17H14BrFN2O2. The topological polar surface area (TPSA) is 49.4 Å². The van der Waals surface area contributed by atoms with Crippen LogP contribution < -0.4 is 10.2 Å². The first-order valence-electron chi connectivity index (χ1n) is 7.16. The monoisotopic (exact) mass is 376 g/mol. The molecular weight excluding hydrogens is 363 g/mol. The summed E-state index contributed by atoms with van der Waals surface area (Å²) in [7, 11) is 0. The Kier molecular flexibility index (Phi) is 4.43. The predicted octanol–water partition coefficient (Wildman–Crippen LogP) is 3.58. The van der Waals surface area contributed by atoms with Gasteiger partial charge in [-0.1, -0.05) is 18.2 Å². The number of carbonyl (C=O) groups excluding carboxylic acids is 2. The number of carbonyl (C=O) groups is 2. The van der Waals surface area contributed by atoms with Gasteiger partial charge in [-0.05, 0) is 46.3 Å². The van der Waals surface area contributed by atoms with Crippen LogP contribution >= 0.6 is 15.9 Å². The third-order valence-corrected chi connectivity index (χ3v) is 4.44. The summed E-state index contributed by atoms with van der Waals surface area (Å²) in [6.07, 6.45) is 0.118. The fraction of sp³-hybridized carbons (Fsp3) is 0.176. The molecule has 6 heteroatoms. The summed E-state index contributed by atoms with van der Waals surface area (Å²) < 4.78 is 14.1. The first kappa shape index (κ1) is 15.7. The number of hydrogen-bond donors (Lipinski definition) is 1. The standard InChI is InChI=1S/C17H14BrFN2O2/c18-14-6-1-2-7-15(14)20-17(23)11-8-16(22)21(10-11)13-5-3-4-12(19)9-13/h1-7,9,11H,8,10H2,(H,20,23). The number of halogens is 2. The number of rotatable bonds is 3. The van der Waals surface area contributed by atoms with Crippen molar-refractivity contribution in [3.63, 3.8) is 0 Å². The molecule has 1 unspecified atom stereocenters. The van der Waals surface area contributed by atoms with Crippen molar-refractivity contribution in [1.82, 2.24) is 0 Å². The highest BCUT2D eigenvalue weighted by Gasteiger charge is 2.35. The summed E-state index contributed by atoms with van der Waals surface area (Å²) in [6, 6.07) is 13.1. The zero-order chi connectivity index (χ0) is 16.4. The predicted molar refractivity (Wildman–Crippen MR) is 89.6 cm³/mol. The van der Waals surface area contributed by atoms with Crippen LogP contribution in [-0.4, -0.2) is 18.4 Å². The van der Waals surface area contributed by atoms with Crippen LogP contribution in [0.3, 0.4) is 0 Å². The van der Waals surface area contributed by atoms with Crippen molar-refractivity contribution >= 4 is 39.1 Å². The summed E-state index contributed by atoms with van der Waals surface area (Å²) in [4.78, 5) is 26.0. The molecule has 23 heavy (non-hydrogen) atoms. The Balaban J connectivity index is 1.72. The van der Waals surface area contributed by atoms with Gasteiger partial charge in [0.15, 0.2) is 0 Å². The number of anilines is 2. The van der Waals surface area contributed by atoms with E-state index in [-0.39, 0.29) is 24.8 Å². The maximum absolute atomic E-state index is 13.3. The van der Waals surface area contributed by atoms with E-state index in [2.05, 4.69) is 21.2 Å². The van der Waals surface area contributed by atoms with Crippen LogP contribution in [-0.2, 0) is 9.59 Å². The van der Waals surface area contributed by atoms with Crippen LogP contribution in [0.2, 0.25) is 0 Å². The number of hydrogen-bond acceptors (Lipinski definition) is 2. The second-order valence-corrected chi connectivity index (χ2v) is 6.21. The van der Waals surface area contributed by atoms with Crippen molar-refractivity contribution in [2.45, 2.75) is 6.42 Å². The maximum atomic E-state index is 13.3. The van der Waals surface area contributed by atoms with Crippen LogP contribution in [0.4, 0.5) is 15.8 Å². The Hall–Kier alpha value is -2.21. The van der Waals surface area contributed by atoms with Crippen LogP contribution in [0.15, 0.2) is 53.0 Å². The van der Waals surface area contributed by atoms with Crippen LogP contribution in [0.5, 0.6) is 0 Å². The molecule has 0 radical (unpaired) electrons. The highest BCUT2D eigenvalue weighted by atomic mass is 79.9. The lowest BCUT2D eigenvalue weighted by Gasteiger charge is -2.17. The zero-order valence-corrected chi connectivity index (χ0v) is 13.7. The molecule has 1 saturated heterocycles. The Labute approximate surface area is 141 Å². The average Bonchev–Trinajstić information content (AvgIpc) is 2.92. The summed E-state index contributed by atoms with van der Waals surface area (Å²) in [5, 5.41) is 2.82. The first-order valence-corrected chi connectivity index (χ1v) is 7.95. The second kappa shape index (κ2) is 6.50. The SMILES string of the molecule is O=C(Nc1ccccc1Br)C1CC(=O)N(c2cccc(F)c2)C1. The normalized spacial score (nSPS) is 17.4. The van der Waals surface area contributed by atoms with Crippen molar-refractivity contribution in [3.8, 4) is 0 Å². The summed E-state index contributed by atoms with van der Waals surface area (Å²) in [6.45, 7) is 0.249. The fourth-order valence-electron chi connectivity index (χ4n) is 2.57. The van der Waals surface area contributed by atoms with Crippen molar-refractivity contribution in [2.75, 3.05) is 16.8 Å². The third-order valence-electron chi connectivity index (χ3n) is 3.75. The Morgan fingerprint density at radius 3 is 2.74 bits per heavy atom. The van der Waals surface area contributed by atoms with Gasteiger partial charge in [-0.15, -0.1) is 0 Å². The molecule has 1 heterocycles. The Morgan fingerprint density at radius 1 is 1.22 bits per heavy atom. The molecule has 4 nitrogen and oxygen atoms in total. The van der Waals surface area contributed by atoms with Crippen LogP contribution in [0.1, 0.15) is 6.42 Å². The third kappa shape index (κ3) is 3.42. The molecule has 2 amide bonds. The number of nitrogens with one attached hydrogen (secondary N) is 1.